The summed E-state index contributed by atoms with van der Waals surface area (Å²) in [5.41, 5.74) is 0.00889. The lowest BCUT2D eigenvalue weighted by Gasteiger charge is -2.12. The zero-order valence-corrected chi connectivity index (χ0v) is 9.78. The van der Waals surface area contributed by atoms with Crippen molar-refractivity contribution in [1.82, 2.24) is 0 Å². The highest BCUT2D eigenvalue weighted by Crippen LogP contribution is 2.51. The Hall–Kier alpha value is -1.91. The van der Waals surface area contributed by atoms with E-state index in [0.29, 0.717) is 5.69 Å². The van der Waals surface area contributed by atoms with Gasteiger partial charge in [-0.05, 0) is 36.5 Å². The van der Waals surface area contributed by atoms with Crippen LogP contribution in [-0.2, 0) is 9.59 Å². The summed E-state index contributed by atoms with van der Waals surface area (Å²) in [5.74, 6) is -1.56. The minimum atomic E-state index is -0.883. The maximum atomic E-state index is 12.9. The van der Waals surface area contributed by atoms with Crippen molar-refractivity contribution in [3.63, 3.8) is 0 Å². The standard InChI is InChI=1S/C13H14FNO3/c14-9-2-1-3-10(6-9)15-11(16)7-13(4-5-13)8-12(17)18/h1-3,6H,4-5,7-8H2,(H,15,16)(H,17,18). The number of anilines is 1. The van der Waals surface area contributed by atoms with Crippen LogP contribution in [0.25, 0.3) is 0 Å². The van der Waals surface area contributed by atoms with Gasteiger partial charge in [-0.3, -0.25) is 9.59 Å². The number of halogens is 1. The molecule has 1 aliphatic carbocycles. The predicted octanol–water partition coefficient (Wildman–Crippen LogP) is 2.41. The Morgan fingerprint density at radius 1 is 1.33 bits per heavy atom. The number of carboxylic acids is 1. The SMILES string of the molecule is O=C(O)CC1(CC(=O)Nc2cccc(F)c2)CC1. The Morgan fingerprint density at radius 3 is 2.61 bits per heavy atom. The molecule has 0 radical (unpaired) electrons. The molecule has 0 unspecified atom stereocenters. The molecular weight excluding hydrogens is 237 g/mol. The van der Waals surface area contributed by atoms with E-state index in [1.165, 1.54) is 18.2 Å². The third-order valence-electron chi connectivity index (χ3n) is 3.13. The van der Waals surface area contributed by atoms with Gasteiger partial charge in [0.1, 0.15) is 5.82 Å². The van der Waals surface area contributed by atoms with Gasteiger partial charge < -0.3 is 10.4 Å². The van der Waals surface area contributed by atoms with Crippen molar-refractivity contribution in [1.29, 1.82) is 0 Å². The number of nitrogens with one attached hydrogen (secondary N) is 1. The second kappa shape index (κ2) is 4.76. The summed E-state index contributed by atoms with van der Waals surface area (Å²) >= 11 is 0. The molecule has 0 atom stereocenters. The first-order valence-corrected chi connectivity index (χ1v) is 5.76. The molecule has 0 saturated heterocycles. The van der Waals surface area contributed by atoms with Crippen LogP contribution >= 0.6 is 0 Å². The average molecular weight is 251 g/mol. The van der Waals surface area contributed by atoms with Gasteiger partial charge in [0, 0.05) is 12.1 Å². The smallest absolute Gasteiger partial charge is 0.303 e. The lowest BCUT2D eigenvalue weighted by atomic mass is 9.98. The summed E-state index contributed by atoms with van der Waals surface area (Å²) in [4.78, 5) is 22.4. The molecule has 0 spiro atoms. The highest BCUT2D eigenvalue weighted by atomic mass is 19.1. The van der Waals surface area contributed by atoms with Gasteiger partial charge in [-0.2, -0.15) is 0 Å². The monoisotopic (exact) mass is 251 g/mol. The molecule has 4 nitrogen and oxygen atoms in total. The Labute approximate surface area is 104 Å². The van der Waals surface area contributed by atoms with Crippen molar-refractivity contribution in [2.75, 3.05) is 5.32 Å². The second-order valence-corrected chi connectivity index (χ2v) is 4.81. The van der Waals surface area contributed by atoms with Gasteiger partial charge in [-0.1, -0.05) is 6.07 Å². The fourth-order valence-corrected chi connectivity index (χ4v) is 2.03. The van der Waals surface area contributed by atoms with Crippen LogP contribution < -0.4 is 5.32 Å². The third-order valence-corrected chi connectivity index (χ3v) is 3.13. The molecule has 5 heteroatoms. The van der Waals surface area contributed by atoms with Crippen LogP contribution in [0.2, 0.25) is 0 Å². The minimum Gasteiger partial charge on any atom is -0.481 e. The van der Waals surface area contributed by atoms with E-state index in [4.69, 9.17) is 5.11 Å². The van der Waals surface area contributed by atoms with Crippen molar-refractivity contribution in [2.45, 2.75) is 25.7 Å². The van der Waals surface area contributed by atoms with E-state index in [0.717, 1.165) is 12.8 Å². The van der Waals surface area contributed by atoms with Crippen LogP contribution in [0.4, 0.5) is 10.1 Å². The van der Waals surface area contributed by atoms with E-state index in [9.17, 15) is 14.0 Å². The Balaban J connectivity index is 1.91. The van der Waals surface area contributed by atoms with Gasteiger partial charge in [0.15, 0.2) is 0 Å². The zero-order valence-electron chi connectivity index (χ0n) is 9.78. The van der Waals surface area contributed by atoms with Crippen LogP contribution in [0, 0.1) is 11.2 Å². The molecule has 18 heavy (non-hydrogen) atoms. The molecule has 0 aromatic heterocycles. The normalized spacial score (nSPS) is 16.1. The highest BCUT2D eigenvalue weighted by molar-refractivity contribution is 5.91. The van der Waals surface area contributed by atoms with Crippen molar-refractivity contribution >= 4 is 17.6 Å². The van der Waals surface area contributed by atoms with Gasteiger partial charge in [0.2, 0.25) is 5.91 Å². The van der Waals surface area contributed by atoms with E-state index >= 15 is 0 Å². The molecule has 2 N–H and O–H groups in total. The first-order chi connectivity index (χ1) is 8.49. The largest absolute Gasteiger partial charge is 0.481 e. The number of aliphatic carboxylic acids is 1. The maximum absolute atomic E-state index is 12.9. The predicted molar refractivity (Wildman–Crippen MR) is 63.6 cm³/mol. The molecule has 1 amide bonds. The van der Waals surface area contributed by atoms with Crippen LogP contribution in [0.1, 0.15) is 25.7 Å². The number of carbonyl (C=O) groups is 2. The van der Waals surface area contributed by atoms with Crippen molar-refractivity contribution in [3.05, 3.63) is 30.1 Å². The zero-order chi connectivity index (χ0) is 13.2. The summed E-state index contributed by atoms with van der Waals surface area (Å²) in [6.45, 7) is 0. The van der Waals surface area contributed by atoms with Crippen LogP contribution in [0.3, 0.4) is 0 Å². The number of hydrogen-bond acceptors (Lipinski definition) is 2. The van der Waals surface area contributed by atoms with Gasteiger partial charge >= 0.3 is 5.97 Å². The van der Waals surface area contributed by atoms with Gasteiger partial charge in [0.25, 0.3) is 0 Å². The summed E-state index contributed by atoms with van der Waals surface area (Å²) in [7, 11) is 0. The Morgan fingerprint density at radius 2 is 2.06 bits per heavy atom. The maximum Gasteiger partial charge on any atom is 0.303 e. The first kappa shape index (κ1) is 12.5. The lowest BCUT2D eigenvalue weighted by Crippen LogP contribution is -2.19. The Kier molecular flexibility index (Phi) is 3.32. The summed E-state index contributed by atoms with van der Waals surface area (Å²) in [5, 5.41) is 11.3. The molecule has 0 bridgehead atoms. The van der Waals surface area contributed by atoms with E-state index in [2.05, 4.69) is 5.32 Å². The molecule has 1 fully saturated rings. The molecule has 2 rings (SSSR count). The van der Waals surface area contributed by atoms with Gasteiger partial charge in [-0.25, -0.2) is 4.39 Å². The molecule has 0 heterocycles. The lowest BCUT2D eigenvalue weighted by molar-refractivity contribution is -0.138. The van der Waals surface area contributed by atoms with Gasteiger partial charge in [-0.15, -0.1) is 0 Å². The second-order valence-electron chi connectivity index (χ2n) is 4.81. The van der Waals surface area contributed by atoms with E-state index < -0.39 is 11.8 Å². The van der Waals surface area contributed by atoms with Crippen LogP contribution in [0.15, 0.2) is 24.3 Å². The van der Waals surface area contributed by atoms with Crippen molar-refractivity contribution < 1.29 is 19.1 Å². The quantitative estimate of drug-likeness (QED) is 0.844. The molecule has 0 aliphatic heterocycles. The number of rotatable bonds is 5. The molecule has 1 aromatic carbocycles. The topological polar surface area (TPSA) is 66.4 Å². The fourth-order valence-electron chi connectivity index (χ4n) is 2.03. The van der Waals surface area contributed by atoms with Crippen molar-refractivity contribution in [3.8, 4) is 0 Å². The fraction of sp³-hybridized carbons (Fsp3) is 0.385. The number of hydrogen-bond donors (Lipinski definition) is 2. The molecule has 1 aromatic rings. The Bertz CT molecular complexity index is 483. The van der Waals surface area contributed by atoms with E-state index in [-0.39, 0.29) is 24.2 Å². The van der Waals surface area contributed by atoms with E-state index in [1.807, 2.05) is 0 Å². The van der Waals surface area contributed by atoms with Gasteiger partial charge in [0.05, 0.1) is 6.42 Å². The molecule has 96 valence electrons. The number of benzene rings is 1. The first-order valence-electron chi connectivity index (χ1n) is 5.76. The number of amides is 1. The number of carboxylic acid groups (broad SMARTS) is 1. The summed E-state index contributed by atoms with van der Waals surface area (Å²) < 4.78 is 12.9. The van der Waals surface area contributed by atoms with Crippen LogP contribution in [0.5, 0.6) is 0 Å². The molecule has 1 aliphatic rings. The van der Waals surface area contributed by atoms with E-state index in [1.54, 1.807) is 6.07 Å². The minimum absolute atomic E-state index is 0.0174. The van der Waals surface area contributed by atoms with Crippen molar-refractivity contribution in [2.24, 2.45) is 5.41 Å². The average Bonchev–Trinajstić information content (AvgIpc) is 2.95. The molecule has 1 saturated carbocycles. The molecular formula is C13H14FNO3. The number of carbonyl (C=O) groups excluding carboxylic acids is 1. The summed E-state index contributed by atoms with van der Waals surface area (Å²) in [6.07, 6.45) is 1.71. The summed E-state index contributed by atoms with van der Waals surface area (Å²) in [6, 6.07) is 5.63. The van der Waals surface area contributed by atoms with Crippen LogP contribution in [-0.4, -0.2) is 17.0 Å². The third kappa shape index (κ3) is 3.29. The highest BCUT2D eigenvalue weighted by Gasteiger charge is 2.45.